The van der Waals surface area contributed by atoms with Crippen molar-refractivity contribution in [1.29, 1.82) is 0 Å². The van der Waals surface area contributed by atoms with Crippen molar-refractivity contribution in [3.8, 4) is 0 Å². The van der Waals surface area contributed by atoms with Crippen molar-refractivity contribution >= 4 is 16.8 Å². The molecule has 0 fully saturated rings. The van der Waals surface area contributed by atoms with Gasteiger partial charge < -0.3 is 10.3 Å². The predicted octanol–water partition coefficient (Wildman–Crippen LogP) is 2.74. The molecule has 116 valence electrons. The SMILES string of the molecule is O=C(NCc1ccccc1)c1c[nH]c2cc(F)cc(F)c2c1=O. The molecule has 0 saturated carbocycles. The molecule has 0 bridgehead atoms. The van der Waals surface area contributed by atoms with Crippen molar-refractivity contribution in [2.75, 3.05) is 0 Å². The maximum atomic E-state index is 13.8. The zero-order valence-electron chi connectivity index (χ0n) is 11.9. The molecule has 0 aliphatic carbocycles. The zero-order chi connectivity index (χ0) is 16.4. The van der Waals surface area contributed by atoms with Crippen LogP contribution in [0.2, 0.25) is 0 Å². The van der Waals surface area contributed by atoms with E-state index in [1.807, 2.05) is 30.3 Å². The Labute approximate surface area is 129 Å². The number of aromatic nitrogens is 1. The van der Waals surface area contributed by atoms with E-state index < -0.39 is 23.0 Å². The molecule has 0 atom stereocenters. The van der Waals surface area contributed by atoms with Gasteiger partial charge in [0.05, 0.1) is 10.9 Å². The molecular weight excluding hydrogens is 302 g/mol. The summed E-state index contributed by atoms with van der Waals surface area (Å²) in [7, 11) is 0. The van der Waals surface area contributed by atoms with Crippen LogP contribution in [0.1, 0.15) is 15.9 Å². The predicted molar refractivity (Wildman–Crippen MR) is 82.1 cm³/mol. The number of halogens is 2. The highest BCUT2D eigenvalue weighted by molar-refractivity contribution is 5.97. The minimum atomic E-state index is -1.00. The lowest BCUT2D eigenvalue weighted by Crippen LogP contribution is -2.28. The monoisotopic (exact) mass is 314 g/mol. The number of nitrogens with one attached hydrogen (secondary N) is 2. The molecule has 2 N–H and O–H groups in total. The van der Waals surface area contributed by atoms with Crippen LogP contribution in [0.4, 0.5) is 8.78 Å². The molecule has 3 rings (SSSR count). The quantitative estimate of drug-likeness (QED) is 0.781. The summed E-state index contributed by atoms with van der Waals surface area (Å²) in [4.78, 5) is 27.0. The summed E-state index contributed by atoms with van der Waals surface area (Å²) < 4.78 is 27.0. The average Bonchev–Trinajstić information content (AvgIpc) is 2.53. The van der Waals surface area contributed by atoms with Crippen LogP contribution in [0.25, 0.3) is 10.9 Å². The van der Waals surface area contributed by atoms with Gasteiger partial charge in [0.25, 0.3) is 5.91 Å². The molecule has 1 heterocycles. The Morgan fingerprint density at radius 3 is 2.61 bits per heavy atom. The number of carbonyl (C=O) groups excluding carboxylic acids is 1. The number of aromatic amines is 1. The third kappa shape index (κ3) is 2.96. The first-order valence-electron chi connectivity index (χ1n) is 6.89. The first-order valence-corrected chi connectivity index (χ1v) is 6.89. The number of rotatable bonds is 3. The lowest BCUT2D eigenvalue weighted by Gasteiger charge is -2.06. The smallest absolute Gasteiger partial charge is 0.257 e. The molecular formula is C17H12F2N2O2. The van der Waals surface area contributed by atoms with Gasteiger partial charge in [-0.25, -0.2) is 8.78 Å². The summed E-state index contributed by atoms with van der Waals surface area (Å²) in [5.41, 5.74) is -0.126. The molecule has 6 heteroatoms. The second kappa shape index (κ2) is 6.00. The Balaban J connectivity index is 1.92. The molecule has 1 aromatic heterocycles. The number of fused-ring (bicyclic) bond motifs is 1. The van der Waals surface area contributed by atoms with Gasteiger partial charge in [-0.05, 0) is 11.6 Å². The van der Waals surface area contributed by atoms with E-state index in [1.54, 1.807) is 0 Å². The van der Waals surface area contributed by atoms with Crippen LogP contribution in [0.5, 0.6) is 0 Å². The van der Waals surface area contributed by atoms with Gasteiger partial charge in [-0.15, -0.1) is 0 Å². The Hall–Kier alpha value is -3.02. The van der Waals surface area contributed by atoms with Crippen LogP contribution in [0, 0.1) is 11.6 Å². The number of hydrogen-bond donors (Lipinski definition) is 2. The normalized spacial score (nSPS) is 10.7. The van der Waals surface area contributed by atoms with Gasteiger partial charge in [0.15, 0.2) is 0 Å². The molecule has 0 aliphatic heterocycles. The highest BCUT2D eigenvalue weighted by Crippen LogP contribution is 2.15. The molecule has 23 heavy (non-hydrogen) atoms. The number of benzene rings is 2. The molecule has 0 unspecified atom stereocenters. The van der Waals surface area contributed by atoms with Crippen LogP contribution < -0.4 is 10.7 Å². The minimum absolute atomic E-state index is 0.00658. The largest absolute Gasteiger partial charge is 0.360 e. The van der Waals surface area contributed by atoms with Crippen molar-refractivity contribution < 1.29 is 13.6 Å². The summed E-state index contributed by atoms with van der Waals surface area (Å²) >= 11 is 0. The highest BCUT2D eigenvalue weighted by atomic mass is 19.1. The summed E-state index contributed by atoms with van der Waals surface area (Å²) in [5, 5.41) is 2.26. The van der Waals surface area contributed by atoms with Crippen LogP contribution in [-0.4, -0.2) is 10.9 Å². The van der Waals surface area contributed by atoms with Gasteiger partial charge >= 0.3 is 0 Å². The first-order chi connectivity index (χ1) is 11.1. The Bertz CT molecular complexity index is 936. The standard InChI is InChI=1S/C17H12F2N2O2/c18-11-6-13(19)15-14(7-11)20-9-12(16(15)22)17(23)21-8-10-4-2-1-3-5-10/h1-7,9H,8H2,(H,20,22)(H,21,23). The topological polar surface area (TPSA) is 62.0 Å². The summed E-state index contributed by atoms with van der Waals surface area (Å²) in [5.74, 6) is -2.42. The second-order valence-electron chi connectivity index (χ2n) is 5.01. The van der Waals surface area contributed by atoms with E-state index in [0.717, 1.165) is 17.8 Å². The number of H-pyrrole nitrogens is 1. The van der Waals surface area contributed by atoms with Crippen molar-refractivity contribution in [1.82, 2.24) is 10.3 Å². The fourth-order valence-electron chi connectivity index (χ4n) is 2.31. The van der Waals surface area contributed by atoms with Gasteiger partial charge in [-0.1, -0.05) is 30.3 Å². The second-order valence-corrected chi connectivity index (χ2v) is 5.01. The third-order valence-corrected chi connectivity index (χ3v) is 3.44. The molecule has 3 aromatic rings. The molecule has 2 aromatic carbocycles. The van der Waals surface area contributed by atoms with Crippen LogP contribution in [0.15, 0.2) is 53.5 Å². The summed E-state index contributed by atoms with van der Waals surface area (Å²) in [6.07, 6.45) is 1.16. The molecule has 0 spiro atoms. The van der Waals surface area contributed by atoms with Crippen molar-refractivity contribution in [2.45, 2.75) is 6.54 Å². The summed E-state index contributed by atoms with van der Waals surface area (Å²) in [6, 6.07) is 10.8. The van der Waals surface area contributed by atoms with Crippen molar-refractivity contribution in [3.63, 3.8) is 0 Å². The van der Waals surface area contributed by atoms with Gasteiger partial charge in [-0.3, -0.25) is 9.59 Å². The first kappa shape index (κ1) is 14.9. The van der Waals surface area contributed by atoms with E-state index in [-0.39, 0.29) is 23.0 Å². The van der Waals surface area contributed by atoms with Gasteiger partial charge in [0, 0.05) is 18.8 Å². The Morgan fingerprint density at radius 2 is 1.87 bits per heavy atom. The number of carbonyl (C=O) groups is 1. The summed E-state index contributed by atoms with van der Waals surface area (Å²) in [6.45, 7) is 0.239. The molecule has 4 nitrogen and oxygen atoms in total. The van der Waals surface area contributed by atoms with E-state index in [0.29, 0.717) is 6.07 Å². The Morgan fingerprint density at radius 1 is 1.13 bits per heavy atom. The minimum Gasteiger partial charge on any atom is -0.360 e. The van der Waals surface area contributed by atoms with Gasteiger partial charge in [0.2, 0.25) is 5.43 Å². The zero-order valence-corrected chi connectivity index (χ0v) is 11.9. The number of amides is 1. The molecule has 0 aliphatic rings. The van der Waals surface area contributed by atoms with E-state index in [1.165, 1.54) is 0 Å². The average molecular weight is 314 g/mol. The highest BCUT2D eigenvalue weighted by Gasteiger charge is 2.16. The number of hydrogen-bond acceptors (Lipinski definition) is 2. The fraction of sp³-hybridized carbons (Fsp3) is 0.0588. The van der Waals surface area contributed by atoms with Gasteiger partial charge in [-0.2, -0.15) is 0 Å². The van der Waals surface area contributed by atoms with Crippen molar-refractivity contribution in [3.05, 3.63) is 81.6 Å². The maximum absolute atomic E-state index is 13.8. The molecule has 0 radical (unpaired) electrons. The van der Waals surface area contributed by atoms with Gasteiger partial charge in [0.1, 0.15) is 17.2 Å². The number of pyridine rings is 1. The maximum Gasteiger partial charge on any atom is 0.257 e. The molecule has 1 amide bonds. The van der Waals surface area contributed by atoms with Crippen LogP contribution >= 0.6 is 0 Å². The molecule has 0 saturated heterocycles. The van der Waals surface area contributed by atoms with E-state index in [9.17, 15) is 18.4 Å². The van der Waals surface area contributed by atoms with Crippen LogP contribution in [0.3, 0.4) is 0 Å². The van der Waals surface area contributed by atoms with E-state index in [4.69, 9.17) is 0 Å². The lowest BCUT2D eigenvalue weighted by atomic mass is 10.1. The van der Waals surface area contributed by atoms with Crippen LogP contribution in [-0.2, 0) is 6.54 Å². The Kier molecular flexibility index (Phi) is 3.89. The fourth-order valence-corrected chi connectivity index (χ4v) is 2.31. The third-order valence-electron chi connectivity index (χ3n) is 3.44. The van der Waals surface area contributed by atoms with E-state index >= 15 is 0 Å². The van der Waals surface area contributed by atoms with E-state index in [2.05, 4.69) is 10.3 Å². The lowest BCUT2D eigenvalue weighted by molar-refractivity contribution is 0.0949. The van der Waals surface area contributed by atoms with Crippen molar-refractivity contribution in [2.24, 2.45) is 0 Å².